The van der Waals surface area contributed by atoms with Gasteiger partial charge >= 0.3 is 0 Å². The van der Waals surface area contributed by atoms with Crippen molar-refractivity contribution in [3.63, 3.8) is 0 Å². The first-order chi connectivity index (χ1) is 10.6. The Balaban J connectivity index is 2.05. The number of hydrogen-bond acceptors (Lipinski definition) is 3. The van der Waals surface area contributed by atoms with Crippen molar-refractivity contribution in [2.75, 3.05) is 12.4 Å². The van der Waals surface area contributed by atoms with Gasteiger partial charge in [-0.2, -0.15) is 0 Å². The number of rotatable bonds is 6. The number of carbonyl (C=O) groups excluding carboxylic acids is 1. The lowest BCUT2D eigenvalue weighted by atomic mass is 10.2. The summed E-state index contributed by atoms with van der Waals surface area (Å²) in [6.45, 7) is 1.89. The second kappa shape index (κ2) is 7.71. The molecule has 0 saturated carbocycles. The maximum Gasteiger partial charge on any atom is 0.265 e. The van der Waals surface area contributed by atoms with E-state index in [1.807, 2.05) is 19.1 Å². The van der Waals surface area contributed by atoms with Crippen LogP contribution in [0.25, 0.3) is 0 Å². The van der Waals surface area contributed by atoms with Gasteiger partial charge in [0.05, 0.1) is 7.11 Å². The predicted octanol–water partition coefficient (Wildman–Crippen LogP) is 4.14. The Morgan fingerprint density at radius 2 is 1.91 bits per heavy atom. The van der Waals surface area contributed by atoms with Crippen LogP contribution < -0.4 is 14.8 Å². The highest BCUT2D eigenvalue weighted by atomic mass is 35.5. The number of nitrogens with one attached hydrogen (secondary N) is 1. The van der Waals surface area contributed by atoms with Gasteiger partial charge in [0.15, 0.2) is 6.10 Å². The summed E-state index contributed by atoms with van der Waals surface area (Å²) < 4.78 is 10.8. The van der Waals surface area contributed by atoms with E-state index in [9.17, 15) is 4.79 Å². The Morgan fingerprint density at radius 1 is 1.18 bits per heavy atom. The standard InChI is InChI=1S/C17H18ClNO3/c1-3-16(22-15-9-4-6-12(18)10-15)17(20)19-13-7-5-8-14(11-13)21-2/h4-11,16H,3H2,1-2H3,(H,19,20)/t16-/m1/s1. The van der Waals surface area contributed by atoms with E-state index in [1.54, 1.807) is 43.5 Å². The molecular formula is C17H18ClNO3. The van der Waals surface area contributed by atoms with E-state index in [4.69, 9.17) is 21.1 Å². The van der Waals surface area contributed by atoms with Crippen LogP contribution in [0.4, 0.5) is 5.69 Å². The summed E-state index contributed by atoms with van der Waals surface area (Å²) in [4.78, 5) is 12.3. The molecule has 1 amide bonds. The lowest BCUT2D eigenvalue weighted by Crippen LogP contribution is -2.32. The zero-order chi connectivity index (χ0) is 15.9. The molecule has 2 rings (SSSR count). The van der Waals surface area contributed by atoms with Gasteiger partial charge in [-0.3, -0.25) is 4.79 Å². The van der Waals surface area contributed by atoms with Crippen molar-refractivity contribution in [1.29, 1.82) is 0 Å². The molecule has 1 N–H and O–H groups in total. The molecule has 2 aromatic rings. The molecule has 0 radical (unpaired) electrons. The predicted molar refractivity (Wildman–Crippen MR) is 87.8 cm³/mol. The van der Waals surface area contributed by atoms with Gasteiger partial charge in [0.25, 0.3) is 5.91 Å². The minimum atomic E-state index is -0.593. The molecule has 0 aliphatic heterocycles. The van der Waals surface area contributed by atoms with Gasteiger partial charge in [0.1, 0.15) is 11.5 Å². The van der Waals surface area contributed by atoms with E-state index < -0.39 is 6.10 Å². The SMILES string of the molecule is CC[C@@H](Oc1cccc(Cl)c1)C(=O)Nc1cccc(OC)c1. The monoisotopic (exact) mass is 319 g/mol. The lowest BCUT2D eigenvalue weighted by molar-refractivity contribution is -0.122. The average molecular weight is 320 g/mol. The van der Waals surface area contributed by atoms with Crippen LogP contribution in [0.15, 0.2) is 48.5 Å². The molecule has 4 nitrogen and oxygen atoms in total. The minimum Gasteiger partial charge on any atom is -0.497 e. The van der Waals surface area contributed by atoms with Crippen LogP contribution in [-0.2, 0) is 4.79 Å². The van der Waals surface area contributed by atoms with E-state index in [0.29, 0.717) is 28.6 Å². The normalized spacial score (nSPS) is 11.6. The van der Waals surface area contributed by atoms with Crippen molar-refractivity contribution in [2.45, 2.75) is 19.4 Å². The average Bonchev–Trinajstić information content (AvgIpc) is 2.52. The van der Waals surface area contributed by atoms with Crippen molar-refractivity contribution >= 4 is 23.2 Å². The molecule has 2 aromatic carbocycles. The molecule has 0 fully saturated rings. The zero-order valence-corrected chi connectivity index (χ0v) is 13.3. The summed E-state index contributed by atoms with van der Waals surface area (Å²) in [5.74, 6) is 1.04. The minimum absolute atomic E-state index is 0.212. The quantitative estimate of drug-likeness (QED) is 0.870. The van der Waals surface area contributed by atoms with E-state index in [0.717, 1.165) is 0 Å². The molecule has 0 bridgehead atoms. The molecular weight excluding hydrogens is 302 g/mol. The molecule has 0 spiro atoms. The Hall–Kier alpha value is -2.20. The Morgan fingerprint density at radius 3 is 2.59 bits per heavy atom. The molecule has 0 heterocycles. The Kier molecular flexibility index (Phi) is 5.67. The zero-order valence-electron chi connectivity index (χ0n) is 12.5. The topological polar surface area (TPSA) is 47.6 Å². The number of halogens is 1. The summed E-state index contributed by atoms with van der Waals surface area (Å²) in [6.07, 6.45) is -0.0489. The summed E-state index contributed by atoms with van der Waals surface area (Å²) in [5.41, 5.74) is 0.664. The number of amides is 1. The highest BCUT2D eigenvalue weighted by molar-refractivity contribution is 6.30. The highest BCUT2D eigenvalue weighted by Gasteiger charge is 2.18. The van der Waals surface area contributed by atoms with Crippen molar-refractivity contribution in [1.82, 2.24) is 0 Å². The van der Waals surface area contributed by atoms with Crippen LogP contribution in [0.3, 0.4) is 0 Å². The van der Waals surface area contributed by atoms with Gasteiger partial charge in [-0.15, -0.1) is 0 Å². The van der Waals surface area contributed by atoms with E-state index >= 15 is 0 Å². The third-order valence-corrected chi connectivity index (χ3v) is 3.31. The summed E-state index contributed by atoms with van der Waals surface area (Å²) in [7, 11) is 1.58. The van der Waals surface area contributed by atoms with Crippen LogP contribution in [0.5, 0.6) is 11.5 Å². The van der Waals surface area contributed by atoms with Crippen molar-refractivity contribution in [3.05, 3.63) is 53.6 Å². The molecule has 0 aliphatic rings. The number of benzene rings is 2. The van der Waals surface area contributed by atoms with E-state index in [-0.39, 0.29) is 5.91 Å². The highest BCUT2D eigenvalue weighted by Crippen LogP contribution is 2.21. The molecule has 0 aromatic heterocycles. The summed E-state index contributed by atoms with van der Waals surface area (Å²) >= 11 is 5.92. The molecule has 0 aliphatic carbocycles. The van der Waals surface area contributed by atoms with Gasteiger partial charge < -0.3 is 14.8 Å². The summed E-state index contributed by atoms with van der Waals surface area (Å²) in [6, 6.07) is 14.2. The smallest absolute Gasteiger partial charge is 0.265 e. The fourth-order valence-corrected chi connectivity index (χ4v) is 2.13. The summed E-state index contributed by atoms with van der Waals surface area (Å²) in [5, 5.41) is 3.40. The van der Waals surface area contributed by atoms with E-state index in [1.165, 1.54) is 0 Å². The molecule has 5 heteroatoms. The maximum atomic E-state index is 12.3. The number of hydrogen-bond donors (Lipinski definition) is 1. The number of anilines is 1. The first kappa shape index (κ1) is 16.2. The second-order valence-corrected chi connectivity index (χ2v) is 5.13. The van der Waals surface area contributed by atoms with Gasteiger partial charge in [0.2, 0.25) is 0 Å². The fraction of sp³-hybridized carbons (Fsp3) is 0.235. The van der Waals surface area contributed by atoms with Crippen LogP contribution in [0.2, 0.25) is 5.02 Å². The molecule has 0 saturated heterocycles. The van der Waals surface area contributed by atoms with Gasteiger partial charge in [-0.25, -0.2) is 0 Å². The lowest BCUT2D eigenvalue weighted by Gasteiger charge is -2.17. The van der Waals surface area contributed by atoms with Crippen LogP contribution in [0.1, 0.15) is 13.3 Å². The maximum absolute atomic E-state index is 12.3. The van der Waals surface area contributed by atoms with Crippen molar-refractivity contribution in [3.8, 4) is 11.5 Å². The molecule has 22 heavy (non-hydrogen) atoms. The van der Waals surface area contributed by atoms with Crippen molar-refractivity contribution < 1.29 is 14.3 Å². The van der Waals surface area contributed by atoms with Crippen LogP contribution in [0, 0.1) is 0 Å². The Labute approximate surface area is 135 Å². The number of ether oxygens (including phenoxy) is 2. The van der Waals surface area contributed by atoms with Crippen molar-refractivity contribution in [2.24, 2.45) is 0 Å². The fourth-order valence-electron chi connectivity index (χ4n) is 1.95. The van der Waals surface area contributed by atoms with Crippen LogP contribution in [-0.4, -0.2) is 19.1 Å². The molecule has 1 atom stereocenters. The van der Waals surface area contributed by atoms with Gasteiger partial charge in [-0.05, 0) is 36.8 Å². The first-order valence-electron chi connectivity index (χ1n) is 6.99. The number of methoxy groups -OCH3 is 1. The third-order valence-electron chi connectivity index (χ3n) is 3.07. The first-order valence-corrected chi connectivity index (χ1v) is 7.37. The largest absolute Gasteiger partial charge is 0.497 e. The number of carbonyl (C=O) groups is 1. The van der Waals surface area contributed by atoms with E-state index in [2.05, 4.69) is 5.32 Å². The van der Waals surface area contributed by atoms with Crippen LogP contribution >= 0.6 is 11.6 Å². The third kappa shape index (κ3) is 4.40. The molecule has 116 valence electrons. The molecule has 0 unspecified atom stereocenters. The van der Waals surface area contributed by atoms with Gasteiger partial charge in [0, 0.05) is 16.8 Å². The second-order valence-electron chi connectivity index (χ2n) is 4.69. The van der Waals surface area contributed by atoms with Gasteiger partial charge in [-0.1, -0.05) is 30.7 Å². The Bertz CT molecular complexity index is 645.